The molecule has 1 heterocycles. The van der Waals surface area contributed by atoms with Crippen molar-refractivity contribution in [2.75, 3.05) is 0 Å². The van der Waals surface area contributed by atoms with Gasteiger partial charge in [-0.25, -0.2) is 8.42 Å². The Morgan fingerprint density at radius 3 is 2.32 bits per heavy atom. The van der Waals surface area contributed by atoms with Crippen LogP contribution < -0.4 is 10.0 Å². The molecule has 1 fully saturated rings. The Labute approximate surface area is 171 Å². The standard InChI is InChI=1S/C21H28N2O3S2/c24-21(22-18-12-7-2-1-3-8-13-18)19(16-17-10-5-4-6-11-17)23-28(25,26)20-14-9-15-27-20/h4-6,9-11,14-15,18-19,23H,1-3,7-8,12-13,16H2,(H,22,24)/t19-/m0/s1. The molecule has 5 nitrogen and oxygen atoms in total. The molecule has 0 spiro atoms. The second kappa shape index (κ2) is 10.2. The van der Waals surface area contributed by atoms with Crippen molar-refractivity contribution >= 4 is 27.3 Å². The molecule has 1 atom stereocenters. The van der Waals surface area contributed by atoms with Crippen molar-refractivity contribution in [2.45, 2.75) is 67.7 Å². The highest BCUT2D eigenvalue weighted by Gasteiger charge is 2.28. The van der Waals surface area contributed by atoms with Crippen molar-refractivity contribution in [3.05, 3.63) is 53.4 Å². The third kappa shape index (κ3) is 6.15. The highest BCUT2D eigenvalue weighted by atomic mass is 32.2. The van der Waals surface area contributed by atoms with E-state index in [-0.39, 0.29) is 16.2 Å². The van der Waals surface area contributed by atoms with Crippen molar-refractivity contribution in [1.29, 1.82) is 0 Å². The summed E-state index contributed by atoms with van der Waals surface area (Å²) in [7, 11) is -3.73. The summed E-state index contributed by atoms with van der Waals surface area (Å²) in [6, 6.07) is 12.1. The van der Waals surface area contributed by atoms with Crippen LogP contribution in [0, 0.1) is 0 Å². The predicted molar refractivity (Wildman–Crippen MR) is 113 cm³/mol. The van der Waals surface area contributed by atoms with Crippen LogP contribution in [0.4, 0.5) is 0 Å². The molecule has 0 radical (unpaired) electrons. The van der Waals surface area contributed by atoms with Gasteiger partial charge in [-0.15, -0.1) is 11.3 Å². The summed E-state index contributed by atoms with van der Waals surface area (Å²) in [6.45, 7) is 0. The molecule has 3 rings (SSSR count). The van der Waals surface area contributed by atoms with Crippen molar-refractivity contribution in [3.8, 4) is 0 Å². The molecule has 1 aromatic carbocycles. The molecule has 0 aliphatic heterocycles. The first kappa shape index (κ1) is 21.0. The number of thiophene rings is 1. The molecule has 1 amide bonds. The lowest BCUT2D eigenvalue weighted by Gasteiger charge is -2.25. The van der Waals surface area contributed by atoms with Crippen LogP contribution in [0.25, 0.3) is 0 Å². The van der Waals surface area contributed by atoms with Gasteiger partial charge >= 0.3 is 0 Å². The third-order valence-electron chi connectivity index (χ3n) is 5.11. The normalized spacial score (nSPS) is 17.4. The molecule has 0 unspecified atom stereocenters. The van der Waals surface area contributed by atoms with Crippen LogP contribution in [0.15, 0.2) is 52.1 Å². The molecular formula is C21H28N2O3S2. The van der Waals surface area contributed by atoms with Crippen molar-refractivity contribution in [3.63, 3.8) is 0 Å². The number of nitrogens with one attached hydrogen (secondary N) is 2. The Balaban J connectivity index is 1.73. The van der Waals surface area contributed by atoms with E-state index in [0.29, 0.717) is 6.42 Å². The molecule has 1 aromatic heterocycles. The third-order valence-corrected chi connectivity index (χ3v) is 7.98. The Bertz CT molecular complexity index is 828. The summed E-state index contributed by atoms with van der Waals surface area (Å²) in [4.78, 5) is 13.0. The highest BCUT2D eigenvalue weighted by Crippen LogP contribution is 2.19. The molecule has 152 valence electrons. The summed E-state index contributed by atoms with van der Waals surface area (Å²) in [5.41, 5.74) is 0.925. The first-order valence-electron chi connectivity index (χ1n) is 9.95. The van der Waals surface area contributed by atoms with Gasteiger partial charge in [0.15, 0.2) is 0 Å². The maximum atomic E-state index is 13.0. The van der Waals surface area contributed by atoms with E-state index in [4.69, 9.17) is 0 Å². The van der Waals surface area contributed by atoms with Gasteiger partial charge in [0.2, 0.25) is 5.91 Å². The zero-order chi connectivity index (χ0) is 19.8. The van der Waals surface area contributed by atoms with E-state index >= 15 is 0 Å². The minimum Gasteiger partial charge on any atom is -0.352 e. The Morgan fingerprint density at radius 1 is 1.00 bits per heavy atom. The molecule has 2 aromatic rings. The predicted octanol–water partition coefficient (Wildman–Crippen LogP) is 3.87. The van der Waals surface area contributed by atoms with Gasteiger partial charge in [0.1, 0.15) is 10.3 Å². The summed E-state index contributed by atoms with van der Waals surface area (Å²) < 4.78 is 28.3. The minimum absolute atomic E-state index is 0.123. The van der Waals surface area contributed by atoms with Crippen LogP contribution in [0.2, 0.25) is 0 Å². The van der Waals surface area contributed by atoms with Crippen molar-refractivity contribution in [2.24, 2.45) is 0 Å². The molecule has 1 aliphatic rings. The number of hydrogen-bond donors (Lipinski definition) is 2. The summed E-state index contributed by atoms with van der Waals surface area (Å²) in [6.07, 6.45) is 8.12. The van der Waals surface area contributed by atoms with Gasteiger partial charge in [-0.2, -0.15) is 4.72 Å². The fourth-order valence-electron chi connectivity index (χ4n) is 3.60. The quantitative estimate of drug-likeness (QED) is 0.714. The molecule has 0 saturated heterocycles. The lowest BCUT2D eigenvalue weighted by atomic mass is 9.96. The van der Waals surface area contributed by atoms with E-state index in [2.05, 4.69) is 10.0 Å². The lowest BCUT2D eigenvalue weighted by Crippen LogP contribution is -2.50. The van der Waals surface area contributed by atoms with Crippen LogP contribution >= 0.6 is 11.3 Å². The lowest BCUT2D eigenvalue weighted by molar-refractivity contribution is -0.123. The van der Waals surface area contributed by atoms with Crippen LogP contribution in [0.1, 0.15) is 50.5 Å². The fraction of sp³-hybridized carbons (Fsp3) is 0.476. The van der Waals surface area contributed by atoms with E-state index in [1.54, 1.807) is 17.5 Å². The van der Waals surface area contributed by atoms with Gasteiger partial charge in [0.05, 0.1) is 0 Å². The van der Waals surface area contributed by atoms with Gasteiger partial charge in [0.25, 0.3) is 10.0 Å². The average Bonchev–Trinajstić information content (AvgIpc) is 3.20. The number of carbonyl (C=O) groups excluding carboxylic acids is 1. The molecule has 2 N–H and O–H groups in total. The number of benzene rings is 1. The van der Waals surface area contributed by atoms with Gasteiger partial charge in [-0.05, 0) is 36.3 Å². The highest BCUT2D eigenvalue weighted by molar-refractivity contribution is 7.91. The smallest absolute Gasteiger partial charge is 0.250 e. The van der Waals surface area contributed by atoms with Gasteiger partial charge in [0, 0.05) is 6.04 Å². The second-order valence-corrected chi connectivity index (χ2v) is 10.2. The summed E-state index contributed by atoms with van der Waals surface area (Å²) in [5, 5.41) is 4.83. The molecule has 7 heteroatoms. The average molecular weight is 421 g/mol. The van der Waals surface area contributed by atoms with Crippen LogP contribution in [0.5, 0.6) is 0 Å². The van der Waals surface area contributed by atoms with E-state index < -0.39 is 16.1 Å². The zero-order valence-corrected chi connectivity index (χ0v) is 17.6. The maximum absolute atomic E-state index is 13.0. The SMILES string of the molecule is O=C(NC1CCCCCCC1)[C@H](Cc1ccccc1)NS(=O)(=O)c1cccs1. The van der Waals surface area contributed by atoms with Crippen LogP contribution in [0.3, 0.4) is 0 Å². The number of hydrogen-bond acceptors (Lipinski definition) is 4. The van der Waals surface area contributed by atoms with E-state index in [9.17, 15) is 13.2 Å². The largest absolute Gasteiger partial charge is 0.352 e. The number of amides is 1. The fourth-order valence-corrected chi connectivity index (χ4v) is 5.81. The van der Waals surface area contributed by atoms with Gasteiger partial charge < -0.3 is 5.32 Å². The number of carbonyl (C=O) groups is 1. The first-order valence-corrected chi connectivity index (χ1v) is 12.3. The van der Waals surface area contributed by atoms with Crippen LogP contribution in [-0.2, 0) is 21.2 Å². The molecular weight excluding hydrogens is 392 g/mol. The summed E-state index contributed by atoms with van der Waals surface area (Å²) >= 11 is 1.15. The second-order valence-electron chi connectivity index (χ2n) is 7.35. The summed E-state index contributed by atoms with van der Waals surface area (Å²) in [5.74, 6) is -0.241. The maximum Gasteiger partial charge on any atom is 0.250 e. The number of rotatable bonds is 7. The van der Waals surface area contributed by atoms with Crippen molar-refractivity contribution in [1.82, 2.24) is 10.0 Å². The molecule has 1 saturated carbocycles. The molecule has 1 aliphatic carbocycles. The Kier molecular flexibility index (Phi) is 7.65. The Hall–Kier alpha value is -1.70. The molecule has 28 heavy (non-hydrogen) atoms. The van der Waals surface area contributed by atoms with E-state index in [1.165, 1.54) is 19.3 Å². The zero-order valence-electron chi connectivity index (χ0n) is 16.0. The van der Waals surface area contributed by atoms with E-state index in [1.807, 2.05) is 30.3 Å². The van der Waals surface area contributed by atoms with Gasteiger partial charge in [-0.3, -0.25) is 4.79 Å². The number of sulfonamides is 1. The van der Waals surface area contributed by atoms with Gasteiger partial charge in [-0.1, -0.05) is 68.5 Å². The van der Waals surface area contributed by atoms with Crippen LogP contribution in [-0.4, -0.2) is 26.4 Å². The monoisotopic (exact) mass is 420 g/mol. The first-order chi connectivity index (χ1) is 13.5. The van der Waals surface area contributed by atoms with Crippen molar-refractivity contribution < 1.29 is 13.2 Å². The molecule has 0 bridgehead atoms. The minimum atomic E-state index is -3.73. The topological polar surface area (TPSA) is 75.3 Å². The van der Waals surface area contributed by atoms with E-state index in [0.717, 1.165) is 42.6 Å². The Morgan fingerprint density at radius 2 is 1.68 bits per heavy atom.